The molecule has 2 rings (SSSR count). The molecule has 0 aliphatic carbocycles. The van der Waals surface area contributed by atoms with Gasteiger partial charge >= 0.3 is 6.03 Å². The lowest BCUT2D eigenvalue weighted by atomic mass is 10.0. The Labute approximate surface area is 111 Å². The number of hydrogen-bond acceptors (Lipinski definition) is 2. The van der Waals surface area contributed by atoms with Gasteiger partial charge in [0.15, 0.2) is 0 Å². The minimum absolute atomic E-state index is 0.150. The van der Waals surface area contributed by atoms with Crippen molar-refractivity contribution in [2.75, 3.05) is 26.2 Å². The van der Waals surface area contributed by atoms with Gasteiger partial charge in [0, 0.05) is 38.3 Å². The lowest BCUT2D eigenvalue weighted by molar-refractivity contribution is 0.165. The summed E-state index contributed by atoms with van der Waals surface area (Å²) >= 11 is 0. The lowest BCUT2D eigenvalue weighted by Gasteiger charge is -2.32. The monoisotopic (exact) mass is 253 g/mol. The standard InChI is InChI=1S/C14H27N3O/c1-11(2)16-8-6-13(10-16)15-14(18)17-7-4-5-12(3)9-17/h11-13H,4-10H2,1-3H3,(H,15,18). The molecule has 4 heteroatoms. The number of nitrogens with one attached hydrogen (secondary N) is 1. The fourth-order valence-electron chi connectivity index (χ4n) is 3.01. The van der Waals surface area contributed by atoms with Crippen molar-refractivity contribution in [1.82, 2.24) is 15.1 Å². The van der Waals surface area contributed by atoms with E-state index in [1.54, 1.807) is 0 Å². The molecule has 0 aromatic heterocycles. The van der Waals surface area contributed by atoms with Crippen LogP contribution in [0.5, 0.6) is 0 Å². The number of hydrogen-bond donors (Lipinski definition) is 1. The van der Waals surface area contributed by atoms with Gasteiger partial charge in [-0.15, -0.1) is 0 Å². The summed E-state index contributed by atoms with van der Waals surface area (Å²) in [6.45, 7) is 10.6. The zero-order chi connectivity index (χ0) is 13.1. The molecule has 2 aliphatic rings. The largest absolute Gasteiger partial charge is 0.334 e. The molecule has 0 bridgehead atoms. The van der Waals surface area contributed by atoms with Crippen molar-refractivity contribution in [1.29, 1.82) is 0 Å². The molecule has 1 N–H and O–H groups in total. The number of urea groups is 1. The zero-order valence-corrected chi connectivity index (χ0v) is 12.0. The Morgan fingerprint density at radius 1 is 1.22 bits per heavy atom. The first-order valence-electron chi connectivity index (χ1n) is 7.35. The van der Waals surface area contributed by atoms with Crippen molar-refractivity contribution >= 4 is 6.03 Å². The van der Waals surface area contributed by atoms with Crippen molar-refractivity contribution in [2.24, 2.45) is 5.92 Å². The van der Waals surface area contributed by atoms with E-state index in [1.807, 2.05) is 4.90 Å². The van der Waals surface area contributed by atoms with E-state index in [9.17, 15) is 4.79 Å². The van der Waals surface area contributed by atoms with Crippen LogP contribution in [0.3, 0.4) is 0 Å². The molecule has 104 valence electrons. The van der Waals surface area contributed by atoms with E-state index in [4.69, 9.17) is 0 Å². The molecule has 2 unspecified atom stereocenters. The molecular formula is C14H27N3O. The Morgan fingerprint density at radius 2 is 2.00 bits per heavy atom. The zero-order valence-electron chi connectivity index (χ0n) is 12.0. The maximum atomic E-state index is 12.2. The molecule has 18 heavy (non-hydrogen) atoms. The van der Waals surface area contributed by atoms with E-state index in [2.05, 4.69) is 31.0 Å². The number of nitrogens with zero attached hydrogens (tertiary/aromatic N) is 2. The number of carbonyl (C=O) groups is 1. The van der Waals surface area contributed by atoms with E-state index in [0.29, 0.717) is 18.0 Å². The first kappa shape index (κ1) is 13.7. The molecule has 0 saturated carbocycles. The minimum atomic E-state index is 0.150. The molecule has 2 fully saturated rings. The van der Waals surface area contributed by atoms with Crippen molar-refractivity contribution < 1.29 is 4.79 Å². The highest BCUT2D eigenvalue weighted by Crippen LogP contribution is 2.17. The summed E-state index contributed by atoms with van der Waals surface area (Å²) in [5.74, 6) is 0.653. The molecular weight excluding hydrogens is 226 g/mol. The number of piperidine rings is 1. The van der Waals surface area contributed by atoms with Crippen LogP contribution in [0.15, 0.2) is 0 Å². The van der Waals surface area contributed by atoms with Crippen LogP contribution in [0.2, 0.25) is 0 Å². The lowest BCUT2D eigenvalue weighted by Crippen LogP contribution is -2.49. The Morgan fingerprint density at radius 3 is 2.61 bits per heavy atom. The van der Waals surface area contributed by atoms with E-state index in [1.165, 1.54) is 6.42 Å². The van der Waals surface area contributed by atoms with Gasteiger partial charge in [-0.05, 0) is 39.0 Å². The second kappa shape index (κ2) is 5.91. The summed E-state index contributed by atoms with van der Waals surface area (Å²) in [7, 11) is 0. The maximum Gasteiger partial charge on any atom is 0.317 e. The van der Waals surface area contributed by atoms with Crippen LogP contribution in [-0.4, -0.2) is 54.1 Å². The van der Waals surface area contributed by atoms with Gasteiger partial charge in [0.25, 0.3) is 0 Å². The third kappa shape index (κ3) is 3.37. The van der Waals surface area contributed by atoms with Gasteiger partial charge in [-0.2, -0.15) is 0 Å². The van der Waals surface area contributed by atoms with Crippen molar-refractivity contribution in [3.8, 4) is 0 Å². The number of carbonyl (C=O) groups excluding carboxylic acids is 1. The molecule has 0 spiro atoms. The predicted molar refractivity (Wildman–Crippen MR) is 73.6 cm³/mol. The fourth-order valence-corrected chi connectivity index (χ4v) is 3.01. The molecule has 0 aromatic rings. The van der Waals surface area contributed by atoms with Gasteiger partial charge in [-0.3, -0.25) is 4.90 Å². The van der Waals surface area contributed by atoms with Gasteiger partial charge in [0.2, 0.25) is 0 Å². The van der Waals surface area contributed by atoms with Crippen LogP contribution in [0.4, 0.5) is 4.79 Å². The summed E-state index contributed by atoms with van der Waals surface area (Å²) in [5.41, 5.74) is 0. The third-order valence-corrected chi connectivity index (χ3v) is 4.22. The quantitative estimate of drug-likeness (QED) is 0.816. The second-order valence-electron chi connectivity index (χ2n) is 6.22. The Balaban J connectivity index is 1.78. The van der Waals surface area contributed by atoms with Crippen LogP contribution in [0.25, 0.3) is 0 Å². The highest BCUT2D eigenvalue weighted by Gasteiger charge is 2.28. The van der Waals surface area contributed by atoms with E-state index in [0.717, 1.165) is 39.0 Å². The van der Waals surface area contributed by atoms with Crippen LogP contribution in [-0.2, 0) is 0 Å². The van der Waals surface area contributed by atoms with Crippen LogP contribution < -0.4 is 5.32 Å². The Bertz CT molecular complexity index is 293. The summed E-state index contributed by atoms with van der Waals surface area (Å²) in [6.07, 6.45) is 3.50. The van der Waals surface area contributed by atoms with E-state index in [-0.39, 0.29) is 6.03 Å². The molecule has 4 nitrogen and oxygen atoms in total. The first-order chi connectivity index (χ1) is 8.56. The van der Waals surface area contributed by atoms with E-state index < -0.39 is 0 Å². The third-order valence-electron chi connectivity index (χ3n) is 4.22. The van der Waals surface area contributed by atoms with Crippen LogP contribution in [0.1, 0.15) is 40.0 Å². The molecule has 0 aromatic carbocycles. The summed E-state index contributed by atoms with van der Waals surface area (Å²) in [6, 6.07) is 1.08. The van der Waals surface area contributed by atoms with Gasteiger partial charge in [0.05, 0.1) is 0 Å². The molecule has 0 radical (unpaired) electrons. The van der Waals surface area contributed by atoms with Crippen molar-refractivity contribution in [3.63, 3.8) is 0 Å². The SMILES string of the molecule is CC1CCCN(C(=O)NC2CCN(C(C)C)C2)C1. The van der Waals surface area contributed by atoms with Gasteiger partial charge < -0.3 is 10.2 Å². The fraction of sp³-hybridized carbons (Fsp3) is 0.929. The summed E-state index contributed by atoms with van der Waals surface area (Å²) in [4.78, 5) is 16.6. The second-order valence-corrected chi connectivity index (χ2v) is 6.22. The molecule has 2 heterocycles. The number of rotatable bonds is 2. The average molecular weight is 253 g/mol. The Hall–Kier alpha value is -0.770. The number of likely N-dealkylation sites (tertiary alicyclic amines) is 2. The first-order valence-corrected chi connectivity index (χ1v) is 7.35. The van der Waals surface area contributed by atoms with Gasteiger partial charge in [0.1, 0.15) is 0 Å². The number of amides is 2. The topological polar surface area (TPSA) is 35.6 Å². The summed E-state index contributed by atoms with van der Waals surface area (Å²) < 4.78 is 0. The highest BCUT2D eigenvalue weighted by molar-refractivity contribution is 5.74. The van der Waals surface area contributed by atoms with Gasteiger partial charge in [-0.1, -0.05) is 6.92 Å². The van der Waals surface area contributed by atoms with Crippen LogP contribution in [0, 0.1) is 5.92 Å². The van der Waals surface area contributed by atoms with Gasteiger partial charge in [-0.25, -0.2) is 4.79 Å². The average Bonchev–Trinajstić information content (AvgIpc) is 2.77. The smallest absolute Gasteiger partial charge is 0.317 e. The summed E-state index contributed by atoms with van der Waals surface area (Å²) in [5, 5.41) is 3.20. The maximum absolute atomic E-state index is 12.2. The minimum Gasteiger partial charge on any atom is -0.334 e. The van der Waals surface area contributed by atoms with Crippen molar-refractivity contribution in [2.45, 2.75) is 52.1 Å². The highest BCUT2D eigenvalue weighted by atomic mass is 16.2. The molecule has 2 aliphatic heterocycles. The normalized spacial score (nSPS) is 29.9. The molecule has 2 amide bonds. The Kier molecular flexibility index (Phi) is 4.49. The molecule has 2 saturated heterocycles. The molecule has 2 atom stereocenters. The van der Waals surface area contributed by atoms with Crippen LogP contribution >= 0.6 is 0 Å². The van der Waals surface area contributed by atoms with E-state index >= 15 is 0 Å². The van der Waals surface area contributed by atoms with Crippen molar-refractivity contribution in [3.05, 3.63) is 0 Å². The predicted octanol–water partition coefficient (Wildman–Crippen LogP) is 1.91.